The summed E-state index contributed by atoms with van der Waals surface area (Å²) in [6.45, 7) is 10.0. The van der Waals surface area contributed by atoms with Crippen LogP contribution in [-0.2, 0) is 22.6 Å². The number of benzene rings is 2. The Hall–Kier alpha value is -2.86. The molecule has 6 nitrogen and oxygen atoms in total. The van der Waals surface area contributed by atoms with Gasteiger partial charge in [-0.1, -0.05) is 56.3 Å². The van der Waals surface area contributed by atoms with Crippen molar-refractivity contribution in [1.82, 2.24) is 15.1 Å². The summed E-state index contributed by atoms with van der Waals surface area (Å²) >= 11 is 0. The molecule has 2 aliphatic heterocycles. The van der Waals surface area contributed by atoms with Crippen molar-refractivity contribution in [2.75, 3.05) is 44.2 Å². The Morgan fingerprint density at radius 3 is 2.30 bits per heavy atom. The second kappa shape index (κ2) is 10.8. The monoisotopic (exact) mass is 448 g/mol. The maximum Gasteiger partial charge on any atom is 0.243 e. The Morgan fingerprint density at radius 1 is 0.939 bits per heavy atom. The number of fused-ring (bicyclic) bond motifs is 1. The number of carbonyl (C=O) groups excluding carboxylic acids is 2. The highest BCUT2D eigenvalue weighted by Crippen LogP contribution is 2.25. The highest BCUT2D eigenvalue weighted by atomic mass is 16.2. The van der Waals surface area contributed by atoms with E-state index in [2.05, 4.69) is 51.5 Å². The molecule has 2 aliphatic rings. The number of nitrogens with one attached hydrogen (secondary N) is 1. The Balaban J connectivity index is 1.30. The van der Waals surface area contributed by atoms with Crippen molar-refractivity contribution >= 4 is 17.5 Å². The first-order valence-electron chi connectivity index (χ1n) is 12.2. The SMILES string of the molecule is CC(C)CC(=O)N1Cc2ccccc2CC1C(=O)NCCN1CCN(c2ccccc2)CC1. The Kier molecular flexibility index (Phi) is 7.65. The zero-order chi connectivity index (χ0) is 23.2. The smallest absolute Gasteiger partial charge is 0.243 e. The average molecular weight is 449 g/mol. The third kappa shape index (κ3) is 5.93. The van der Waals surface area contributed by atoms with Crippen LogP contribution in [0.3, 0.4) is 0 Å². The summed E-state index contributed by atoms with van der Waals surface area (Å²) < 4.78 is 0. The predicted molar refractivity (Wildman–Crippen MR) is 132 cm³/mol. The molecule has 0 spiro atoms. The van der Waals surface area contributed by atoms with Crippen LogP contribution in [0.1, 0.15) is 31.4 Å². The third-order valence-corrected chi connectivity index (χ3v) is 6.68. The lowest BCUT2D eigenvalue weighted by Gasteiger charge is -2.37. The van der Waals surface area contributed by atoms with Gasteiger partial charge in [0.1, 0.15) is 6.04 Å². The van der Waals surface area contributed by atoms with Crippen LogP contribution >= 0.6 is 0 Å². The minimum atomic E-state index is -0.430. The highest BCUT2D eigenvalue weighted by molar-refractivity contribution is 5.88. The summed E-state index contributed by atoms with van der Waals surface area (Å²) in [6, 6.07) is 18.2. The van der Waals surface area contributed by atoms with Crippen molar-refractivity contribution in [1.29, 1.82) is 0 Å². The number of piperazine rings is 1. The van der Waals surface area contributed by atoms with Crippen LogP contribution in [-0.4, -0.2) is 66.9 Å². The van der Waals surface area contributed by atoms with E-state index in [1.54, 1.807) is 4.90 Å². The van der Waals surface area contributed by atoms with Gasteiger partial charge in [-0.15, -0.1) is 0 Å². The van der Waals surface area contributed by atoms with E-state index >= 15 is 0 Å². The minimum Gasteiger partial charge on any atom is -0.369 e. The fourth-order valence-corrected chi connectivity index (χ4v) is 4.81. The summed E-state index contributed by atoms with van der Waals surface area (Å²) in [5.41, 5.74) is 3.59. The molecule has 6 heteroatoms. The standard InChI is InChI=1S/C27H36N4O2/c1-21(2)18-26(32)31-20-23-9-7-6-8-22(23)19-25(31)27(33)28-12-13-29-14-16-30(17-15-29)24-10-4-3-5-11-24/h3-11,21,25H,12-20H2,1-2H3,(H,28,33). The van der Waals surface area contributed by atoms with Gasteiger partial charge >= 0.3 is 0 Å². The molecule has 1 N–H and O–H groups in total. The molecule has 1 unspecified atom stereocenters. The first kappa shape index (κ1) is 23.3. The van der Waals surface area contributed by atoms with E-state index < -0.39 is 6.04 Å². The molecular formula is C27H36N4O2. The van der Waals surface area contributed by atoms with Gasteiger partial charge in [-0.3, -0.25) is 14.5 Å². The maximum atomic E-state index is 13.2. The van der Waals surface area contributed by atoms with Crippen LogP contribution in [0.5, 0.6) is 0 Å². The second-order valence-corrected chi connectivity index (χ2v) is 9.56. The number of amides is 2. The predicted octanol–water partition coefficient (Wildman–Crippen LogP) is 2.92. The molecule has 0 radical (unpaired) electrons. The molecule has 2 amide bonds. The van der Waals surface area contributed by atoms with Crippen LogP contribution in [0, 0.1) is 5.92 Å². The fraction of sp³-hybridized carbons (Fsp3) is 0.481. The van der Waals surface area contributed by atoms with Gasteiger partial charge in [0.15, 0.2) is 0 Å². The fourth-order valence-electron chi connectivity index (χ4n) is 4.81. The van der Waals surface area contributed by atoms with E-state index in [-0.39, 0.29) is 17.7 Å². The summed E-state index contributed by atoms with van der Waals surface area (Å²) in [4.78, 5) is 32.7. The molecule has 0 bridgehead atoms. The molecule has 2 aromatic carbocycles. The quantitative estimate of drug-likeness (QED) is 0.708. The lowest BCUT2D eigenvalue weighted by Crippen LogP contribution is -2.54. The van der Waals surface area contributed by atoms with Crippen molar-refractivity contribution in [3.8, 4) is 0 Å². The van der Waals surface area contributed by atoms with Crippen LogP contribution in [0.2, 0.25) is 0 Å². The first-order chi connectivity index (χ1) is 16.0. The maximum absolute atomic E-state index is 13.2. The van der Waals surface area contributed by atoms with E-state index in [0.717, 1.165) is 38.3 Å². The molecule has 1 fully saturated rings. The lowest BCUT2D eigenvalue weighted by molar-refractivity contribution is -0.142. The van der Waals surface area contributed by atoms with Crippen molar-refractivity contribution in [3.05, 3.63) is 65.7 Å². The Morgan fingerprint density at radius 2 is 1.61 bits per heavy atom. The topological polar surface area (TPSA) is 55.9 Å². The van der Waals surface area contributed by atoms with Gasteiger partial charge in [0.2, 0.25) is 11.8 Å². The normalized spacial score (nSPS) is 18.8. The number of hydrogen-bond donors (Lipinski definition) is 1. The Labute approximate surface area is 197 Å². The van der Waals surface area contributed by atoms with Crippen molar-refractivity contribution in [2.45, 2.75) is 39.3 Å². The van der Waals surface area contributed by atoms with Crippen molar-refractivity contribution in [2.24, 2.45) is 5.92 Å². The van der Waals surface area contributed by atoms with E-state index in [9.17, 15) is 9.59 Å². The molecule has 1 saturated heterocycles. The third-order valence-electron chi connectivity index (χ3n) is 6.68. The van der Waals surface area contributed by atoms with E-state index in [1.807, 2.05) is 32.0 Å². The van der Waals surface area contributed by atoms with E-state index in [4.69, 9.17) is 0 Å². The van der Waals surface area contributed by atoms with Crippen LogP contribution in [0.25, 0.3) is 0 Å². The van der Waals surface area contributed by atoms with Crippen molar-refractivity contribution < 1.29 is 9.59 Å². The van der Waals surface area contributed by atoms with Crippen LogP contribution < -0.4 is 10.2 Å². The molecule has 2 aromatic rings. The number of para-hydroxylation sites is 1. The summed E-state index contributed by atoms with van der Waals surface area (Å²) in [7, 11) is 0. The number of carbonyl (C=O) groups is 2. The molecule has 0 aromatic heterocycles. The van der Waals surface area contributed by atoms with Gasteiger partial charge in [0, 0.05) is 64.3 Å². The molecule has 176 valence electrons. The van der Waals surface area contributed by atoms with Crippen LogP contribution in [0.15, 0.2) is 54.6 Å². The van der Waals surface area contributed by atoms with E-state index in [0.29, 0.717) is 25.9 Å². The molecule has 0 aliphatic carbocycles. The van der Waals surface area contributed by atoms with Crippen molar-refractivity contribution in [3.63, 3.8) is 0 Å². The molecule has 33 heavy (non-hydrogen) atoms. The average Bonchev–Trinajstić information content (AvgIpc) is 2.83. The zero-order valence-corrected chi connectivity index (χ0v) is 19.9. The van der Waals surface area contributed by atoms with Gasteiger partial charge in [-0.2, -0.15) is 0 Å². The van der Waals surface area contributed by atoms with Gasteiger partial charge in [0.05, 0.1) is 0 Å². The molecular weight excluding hydrogens is 412 g/mol. The number of hydrogen-bond acceptors (Lipinski definition) is 4. The molecule has 2 heterocycles. The van der Waals surface area contributed by atoms with Crippen LogP contribution in [0.4, 0.5) is 5.69 Å². The number of nitrogens with zero attached hydrogens (tertiary/aromatic N) is 3. The summed E-state index contributed by atoms with van der Waals surface area (Å²) in [6.07, 6.45) is 1.05. The molecule has 0 saturated carbocycles. The van der Waals surface area contributed by atoms with Gasteiger partial charge < -0.3 is 15.1 Å². The lowest BCUT2D eigenvalue weighted by atomic mass is 9.92. The summed E-state index contributed by atoms with van der Waals surface area (Å²) in [5.74, 6) is 0.300. The van der Waals surface area contributed by atoms with Gasteiger partial charge in [0.25, 0.3) is 0 Å². The van der Waals surface area contributed by atoms with E-state index in [1.165, 1.54) is 11.3 Å². The largest absolute Gasteiger partial charge is 0.369 e. The highest BCUT2D eigenvalue weighted by Gasteiger charge is 2.34. The Bertz CT molecular complexity index is 938. The van der Waals surface area contributed by atoms with Gasteiger partial charge in [-0.05, 0) is 29.2 Å². The number of anilines is 1. The first-order valence-corrected chi connectivity index (χ1v) is 12.2. The summed E-state index contributed by atoms with van der Waals surface area (Å²) in [5, 5.41) is 3.12. The second-order valence-electron chi connectivity index (χ2n) is 9.56. The van der Waals surface area contributed by atoms with Gasteiger partial charge in [-0.25, -0.2) is 0 Å². The number of rotatable bonds is 7. The molecule has 1 atom stereocenters. The zero-order valence-electron chi connectivity index (χ0n) is 19.9. The minimum absolute atomic E-state index is 0.0375. The molecule has 4 rings (SSSR count).